The third-order valence-electron chi connectivity index (χ3n) is 4.38. The number of nitrogens with zero attached hydrogens (tertiary/aromatic N) is 3. The van der Waals surface area contributed by atoms with Crippen molar-refractivity contribution >= 4 is 23.6 Å². The summed E-state index contributed by atoms with van der Waals surface area (Å²) >= 11 is 1.16. The number of carboxylic acid groups (broad SMARTS) is 1. The molecule has 3 unspecified atom stereocenters. The maximum atomic E-state index is 12.3. The van der Waals surface area contributed by atoms with Crippen LogP contribution < -0.4 is 0 Å². The highest BCUT2D eigenvalue weighted by molar-refractivity contribution is 8.03. The van der Waals surface area contributed by atoms with Crippen molar-refractivity contribution in [1.82, 2.24) is 14.9 Å². The van der Waals surface area contributed by atoms with Crippen LogP contribution in [0.25, 0.3) is 0 Å². The Morgan fingerprint density at radius 1 is 1.39 bits per heavy atom. The van der Waals surface area contributed by atoms with Crippen LogP contribution in [0.1, 0.15) is 20.8 Å². The lowest BCUT2D eigenvalue weighted by molar-refractivity contribution is -0.166. The third-order valence-corrected chi connectivity index (χ3v) is 5.70. The molecule has 1 saturated heterocycles. The van der Waals surface area contributed by atoms with Crippen molar-refractivity contribution in [3.05, 3.63) is 29.1 Å². The molecular formula is C15H17N3O4S. The number of aromatic nitrogens is 2. The molecule has 1 amide bonds. The van der Waals surface area contributed by atoms with E-state index >= 15 is 0 Å². The van der Waals surface area contributed by atoms with Gasteiger partial charge >= 0.3 is 5.97 Å². The fourth-order valence-corrected chi connectivity index (χ4v) is 4.44. The molecule has 23 heavy (non-hydrogen) atoms. The van der Waals surface area contributed by atoms with Crippen LogP contribution in [0, 0.1) is 11.3 Å². The molecule has 122 valence electrons. The lowest BCUT2D eigenvalue weighted by Crippen LogP contribution is -2.65. The van der Waals surface area contributed by atoms with Gasteiger partial charge in [-0.3, -0.25) is 4.79 Å². The van der Waals surface area contributed by atoms with Crippen molar-refractivity contribution in [3.63, 3.8) is 0 Å². The number of hydrogen-bond acceptors (Lipinski definition) is 6. The average Bonchev–Trinajstić information content (AvgIpc) is 2.66. The van der Waals surface area contributed by atoms with Crippen molar-refractivity contribution in [2.75, 3.05) is 0 Å². The summed E-state index contributed by atoms with van der Waals surface area (Å²) in [5.74, 6) is -2.09. The van der Waals surface area contributed by atoms with Gasteiger partial charge in [-0.05, 0) is 13.0 Å². The largest absolute Gasteiger partial charge is 0.477 e. The zero-order valence-corrected chi connectivity index (χ0v) is 13.7. The van der Waals surface area contributed by atoms with E-state index in [9.17, 15) is 19.8 Å². The van der Waals surface area contributed by atoms with Crippen LogP contribution in [0.2, 0.25) is 0 Å². The zero-order valence-electron chi connectivity index (χ0n) is 12.9. The summed E-state index contributed by atoms with van der Waals surface area (Å²) in [4.78, 5) is 34.1. The minimum absolute atomic E-state index is 0.0284. The smallest absolute Gasteiger partial charge is 0.353 e. The standard InChI is InChI=1S/C15H17N3O4S/c1-7(19)8-10-15(2,3)11(23-14-16-5-4-6-17-14)9(13(21)22)18(10)12(8)20/h4-8,10,19H,1-3H3,(H,21,22). The summed E-state index contributed by atoms with van der Waals surface area (Å²) in [6.07, 6.45) is 2.34. The predicted molar refractivity (Wildman–Crippen MR) is 82.1 cm³/mol. The number of carboxylic acids is 1. The predicted octanol–water partition coefficient (Wildman–Crippen LogP) is 1.11. The fourth-order valence-electron chi connectivity index (χ4n) is 3.36. The molecule has 1 aromatic rings. The molecule has 1 fully saturated rings. The van der Waals surface area contributed by atoms with Gasteiger partial charge in [0, 0.05) is 22.7 Å². The molecule has 3 rings (SSSR count). The third kappa shape index (κ3) is 2.24. The Morgan fingerprint density at radius 3 is 2.52 bits per heavy atom. The SMILES string of the molecule is CC(O)C1C(=O)N2C(C(=O)O)=C(Sc3ncccn3)C(C)(C)C12. The first kappa shape index (κ1) is 15.9. The molecule has 2 aliphatic rings. The second-order valence-corrected chi connectivity index (χ2v) is 7.23. The molecule has 3 atom stereocenters. The summed E-state index contributed by atoms with van der Waals surface area (Å²) in [6, 6.07) is 1.31. The van der Waals surface area contributed by atoms with Crippen LogP contribution in [0.4, 0.5) is 0 Å². The normalized spacial score (nSPS) is 26.8. The molecule has 0 aliphatic carbocycles. The van der Waals surface area contributed by atoms with Gasteiger partial charge in [0.15, 0.2) is 5.16 Å². The monoisotopic (exact) mass is 335 g/mol. The van der Waals surface area contributed by atoms with Crippen molar-refractivity contribution in [2.45, 2.75) is 38.1 Å². The summed E-state index contributed by atoms with van der Waals surface area (Å²) in [6.45, 7) is 5.32. The topological polar surface area (TPSA) is 104 Å². The lowest BCUT2D eigenvalue weighted by Gasteiger charge is -2.49. The summed E-state index contributed by atoms with van der Waals surface area (Å²) < 4.78 is 0. The molecule has 0 spiro atoms. The van der Waals surface area contributed by atoms with E-state index in [1.807, 2.05) is 13.8 Å². The molecule has 0 radical (unpaired) electrons. The molecule has 2 N–H and O–H groups in total. The van der Waals surface area contributed by atoms with Gasteiger partial charge in [-0.2, -0.15) is 0 Å². The van der Waals surface area contributed by atoms with Gasteiger partial charge in [0.2, 0.25) is 5.91 Å². The maximum Gasteiger partial charge on any atom is 0.353 e. The van der Waals surface area contributed by atoms with Crippen LogP contribution in [0.3, 0.4) is 0 Å². The van der Waals surface area contributed by atoms with E-state index in [1.54, 1.807) is 25.4 Å². The molecular weight excluding hydrogens is 318 g/mol. The highest BCUT2D eigenvalue weighted by Crippen LogP contribution is 2.57. The number of aliphatic carboxylic acids is 1. The summed E-state index contributed by atoms with van der Waals surface area (Å²) in [7, 11) is 0. The number of amides is 1. The number of carbonyl (C=O) groups excluding carboxylic acids is 1. The molecule has 7 nitrogen and oxygen atoms in total. The Bertz CT molecular complexity index is 702. The Hall–Kier alpha value is -1.93. The van der Waals surface area contributed by atoms with Crippen LogP contribution in [-0.4, -0.2) is 49.1 Å². The quantitative estimate of drug-likeness (QED) is 0.627. The number of carbonyl (C=O) groups is 2. The molecule has 0 aromatic carbocycles. The molecule has 8 heteroatoms. The van der Waals surface area contributed by atoms with E-state index in [0.717, 1.165) is 11.8 Å². The van der Waals surface area contributed by atoms with Gasteiger partial charge in [-0.1, -0.05) is 25.6 Å². The number of hydrogen-bond donors (Lipinski definition) is 2. The maximum absolute atomic E-state index is 12.3. The van der Waals surface area contributed by atoms with Crippen LogP contribution in [-0.2, 0) is 9.59 Å². The Morgan fingerprint density at radius 2 is 2.00 bits per heavy atom. The number of aliphatic hydroxyl groups is 1. The molecule has 2 aliphatic heterocycles. The van der Waals surface area contributed by atoms with Crippen molar-refractivity contribution < 1.29 is 19.8 Å². The first-order valence-corrected chi connectivity index (χ1v) is 8.02. The number of aliphatic hydroxyl groups excluding tert-OH is 1. The molecule has 3 heterocycles. The average molecular weight is 335 g/mol. The Kier molecular flexibility index (Phi) is 3.68. The first-order valence-electron chi connectivity index (χ1n) is 7.21. The number of fused-ring (bicyclic) bond motifs is 1. The second kappa shape index (κ2) is 5.31. The van der Waals surface area contributed by atoms with E-state index in [0.29, 0.717) is 10.1 Å². The zero-order chi connectivity index (χ0) is 16.9. The van der Waals surface area contributed by atoms with Crippen molar-refractivity contribution in [1.29, 1.82) is 0 Å². The van der Waals surface area contributed by atoms with Gasteiger partial charge in [-0.25, -0.2) is 14.8 Å². The van der Waals surface area contributed by atoms with Gasteiger partial charge < -0.3 is 15.1 Å². The minimum atomic E-state index is -1.16. The van der Waals surface area contributed by atoms with Crippen LogP contribution in [0.15, 0.2) is 34.2 Å². The highest BCUT2D eigenvalue weighted by Gasteiger charge is 2.64. The van der Waals surface area contributed by atoms with Crippen LogP contribution in [0.5, 0.6) is 0 Å². The molecule has 1 aromatic heterocycles. The summed E-state index contributed by atoms with van der Waals surface area (Å²) in [5, 5.41) is 19.9. The van der Waals surface area contributed by atoms with Crippen LogP contribution >= 0.6 is 11.8 Å². The Balaban J connectivity index is 2.05. The van der Waals surface area contributed by atoms with Crippen molar-refractivity contribution in [3.8, 4) is 0 Å². The van der Waals surface area contributed by atoms with E-state index in [-0.39, 0.29) is 17.6 Å². The van der Waals surface area contributed by atoms with E-state index in [1.165, 1.54) is 4.90 Å². The number of β-lactam (4-membered cyclic amide) rings is 1. The fraction of sp³-hybridized carbons (Fsp3) is 0.467. The summed E-state index contributed by atoms with van der Waals surface area (Å²) in [5.41, 5.74) is -0.632. The number of rotatable bonds is 4. The Labute approximate surface area is 137 Å². The highest BCUT2D eigenvalue weighted by atomic mass is 32.2. The second-order valence-electron chi connectivity index (χ2n) is 6.26. The van der Waals surface area contributed by atoms with E-state index < -0.39 is 23.4 Å². The number of thioether (sulfide) groups is 1. The van der Waals surface area contributed by atoms with E-state index in [4.69, 9.17) is 0 Å². The van der Waals surface area contributed by atoms with Gasteiger partial charge in [0.25, 0.3) is 0 Å². The lowest BCUT2D eigenvalue weighted by atomic mass is 9.71. The minimum Gasteiger partial charge on any atom is -0.477 e. The molecule has 0 saturated carbocycles. The van der Waals surface area contributed by atoms with Gasteiger partial charge in [-0.15, -0.1) is 0 Å². The first-order chi connectivity index (χ1) is 10.8. The van der Waals surface area contributed by atoms with Gasteiger partial charge in [0.05, 0.1) is 18.1 Å². The van der Waals surface area contributed by atoms with Crippen molar-refractivity contribution in [2.24, 2.45) is 11.3 Å². The molecule has 0 bridgehead atoms. The van der Waals surface area contributed by atoms with E-state index in [2.05, 4.69) is 9.97 Å². The van der Waals surface area contributed by atoms with Gasteiger partial charge in [0.1, 0.15) is 5.70 Å².